The summed E-state index contributed by atoms with van der Waals surface area (Å²) in [7, 11) is 0. The summed E-state index contributed by atoms with van der Waals surface area (Å²) >= 11 is 11.9. The molecule has 2 rings (SSSR count). The van der Waals surface area contributed by atoms with Crippen molar-refractivity contribution in [3.05, 3.63) is 52.0 Å². The number of halogens is 2. The highest BCUT2D eigenvalue weighted by Gasteiger charge is 2.14. The molecule has 0 radical (unpaired) electrons. The van der Waals surface area contributed by atoms with E-state index in [4.69, 9.17) is 33.7 Å². The van der Waals surface area contributed by atoms with Gasteiger partial charge in [0.05, 0.1) is 28.6 Å². The van der Waals surface area contributed by atoms with Crippen molar-refractivity contribution < 1.29 is 9.53 Å². The SMILES string of the molecule is CCOc1ccc(Cl)cc1NC(=O)c1cccc(Cl)c1N. The van der Waals surface area contributed by atoms with E-state index in [1.54, 1.807) is 36.4 Å². The zero-order valence-corrected chi connectivity index (χ0v) is 12.8. The van der Waals surface area contributed by atoms with E-state index < -0.39 is 0 Å². The second-order valence-corrected chi connectivity index (χ2v) is 5.07. The Kier molecular flexibility index (Phi) is 4.94. The number of ether oxygens (including phenoxy) is 1. The summed E-state index contributed by atoms with van der Waals surface area (Å²) in [4.78, 5) is 12.3. The molecule has 0 aliphatic rings. The van der Waals surface area contributed by atoms with Crippen molar-refractivity contribution in [1.82, 2.24) is 0 Å². The Balaban J connectivity index is 2.31. The molecule has 0 unspecified atom stereocenters. The number of carbonyl (C=O) groups is 1. The van der Waals surface area contributed by atoms with Gasteiger partial charge in [-0.05, 0) is 37.3 Å². The van der Waals surface area contributed by atoms with E-state index in [9.17, 15) is 4.79 Å². The lowest BCUT2D eigenvalue weighted by atomic mass is 10.1. The second-order valence-electron chi connectivity index (χ2n) is 4.23. The minimum Gasteiger partial charge on any atom is -0.492 e. The zero-order valence-electron chi connectivity index (χ0n) is 11.3. The lowest BCUT2D eigenvalue weighted by Gasteiger charge is -2.13. The highest BCUT2D eigenvalue weighted by Crippen LogP contribution is 2.30. The Morgan fingerprint density at radius 1 is 1.29 bits per heavy atom. The molecule has 6 heteroatoms. The smallest absolute Gasteiger partial charge is 0.257 e. The first-order valence-corrected chi connectivity index (χ1v) is 7.06. The summed E-state index contributed by atoms with van der Waals surface area (Å²) in [5.74, 6) is 0.161. The third kappa shape index (κ3) is 3.60. The van der Waals surface area contributed by atoms with Gasteiger partial charge >= 0.3 is 0 Å². The topological polar surface area (TPSA) is 64.3 Å². The Morgan fingerprint density at radius 3 is 2.76 bits per heavy atom. The maximum Gasteiger partial charge on any atom is 0.257 e. The third-order valence-electron chi connectivity index (χ3n) is 2.79. The van der Waals surface area contributed by atoms with Crippen LogP contribution < -0.4 is 15.8 Å². The summed E-state index contributed by atoms with van der Waals surface area (Å²) in [6.45, 7) is 2.33. The Hall–Kier alpha value is -1.91. The van der Waals surface area contributed by atoms with Crippen molar-refractivity contribution in [2.24, 2.45) is 0 Å². The molecule has 2 aromatic rings. The molecule has 1 amide bonds. The number of nitrogens with one attached hydrogen (secondary N) is 1. The van der Waals surface area contributed by atoms with Crippen LogP contribution in [0.15, 0.2) is 36.4 Å². The van der Waals surface area contributed by atoms with Crippen LogP contribution in [-0.4, -0.2) is 12.5 Å². The maximum absolute atomic E-state index is 12.3. The van der Waals surface area contributed by atoms with E-state index in [0.717, 1.165) is 0 Å². The Bertz CT molecular complexity index is 675. The quantitative estimate of drug-likeness (QED) is 0.827. The summed E-state index contributed by atoms with van der Waals surface area (Å²) in [5.41, 5.74) is 6.82. The molecular weight excluding hydrogens is 311 g/mol. The monoisotopic (exact) mass is 324 g/mol. The van der Waals surface area contributed by atoms with Gasteiger partial charge in [-0.3, -0.25) is 4.79 Å². The predicted octanol–water partition coefficient (Wildman–Crippen LogP) is 4.23. The fourth-order valence-electron chi connectivity index (χ4n) is 1.81. The molecule has 21 heavy (non-hydrogen) atoms. The van der Waals surface area contributed by atoms with E-state index in [1.165, 1.54) is 0 Å². The summed E-state index contributed by atoms with van der Waals surface area (Å²) in [6.07, 6.45) is 0. The van der Waals surface area contributed by atoms with Crippen LogP contribution in [0.4, 0.5) is 11.4 Å². The molecular formula is C15H14Cl2N2O2. The van der Waals surface area contributed by atoms with Crippen molar-refractivity contribution in [3.8, 4) is 5.75 Å². The number of nitrogen functional groups attached to an aromatic ring is 1. The molecule has 0 bridgehead atoms. The van der Waals surface area contributed by atoms with E-state index in [1.807, 2.05) is 6.92 Å². The second kappa shape index (κ2) is 6.70. The minimum absolute atomic E-state index is 0.233. The fourth-order valence-corrected chi connectivity index (χ4v) is 2.15. The van der Waals surface area contributed by atoms with Gasteiger partial charge in [-0.2, -0.15) is 0 Å². The lowest BCUT2D eigenvalue weighted by Crippen LogP contribution is -2.15. The largest absolute Gasteiger partial charge is 0.492 e. The zero-order chi connectivity index (χ0) is 15.4. The van der Waals surface area contributed by atoms with Crippen molar-refractivity contribution in [2.75, 3.05) is 17.7 Å². The van der Waals surface area contributed by atoms with Crippen LogP contribution in [0.2, 0.25) is 10.0 Å². The van der Waals surface area contributed by atoms with Gasteiger partial charge in [-0.15, -0.1) is 0 Å². The minimum atomic E-state index is -0.377. The van der Waals surface area contributed by atoms with Crippen molar-refractivity contribution in [2.45, 2.75) is 6.92 Å². The van der Waals surface area contributed by atoms with E-state index in [2.05, 4.69) is 5.32 Å². The van der Waals surface area contributed by atoms with Gasteiger partial charge in [-0.25, -0.2) is 0 Å². The van der Waals surface area contributed by atoms with Crippen LogP contribution in [0.5, 0.6) is 5.75 Å². The average Bonchev–Trinajstić information content (AvgIpc) is 2.45. The van der Waals surface area contributed by atoms with Crippen LogP contribution >= 0.6 is 23.2 Å². The van der Waals surface area contributed by atoms with Crippen LogP contribution in [0.1, 0.15) is 17.3 Å². The van der Waals surface area contributed by atoms with Gasteiger partial charge in [0.15, 0.2) is 0 Å². The van der Waals surface area contributed by atoms with E-state index >= 15 is 0 Å². The molecule has 0 saturated heterocycles. The summed E-state index contributed by atoms with van der Waals surface area (Å²) in [6, 6.07) is 9.89. The number of para-hydroxylation sites is 1. The van der Waals surface area contributed by atoms with Gasteiger partial charge < -0.3 is 15.8 Å². The number of nitrogens with two attached hydrogens (primary N) is 1. The summed E-state index contributed by atoms with van der Waals surface area (Å²) in [5, 5.41) is 3.56. The van der Waals surface area contributed by atoms with Crippen molar-refractivity contribution >= 4 is 40.5 Å². The van der Waals surface area contributed by atoms with Gasteiger partial charge in [0, 0.05) is 5.02 Å². The van der Waals surface area contributed by atoms with Gasteiger partial charge in [0.25, 0.3) is 5.91 Å². The molecule has 2 aromatic carbocycles. The Labute approximate surface area is 132 Å². The van der Waals surface area contributed by atoms with Crippen molar-refractivity contribution in [3.63, 3.8) is 0 Å². The molecule has 0 aliphatic heterocycles. The first-order valence-electron chi connectivity index (χ1n) is 6.30. The van der Waals surface area contributed by atoms with Crippen LogP contribution in [-0.2, 0) is 0 Å². The molecule has 4 nitrogen and oxygen atoms in total. The fraction of sp³-hybridized carbons (Fsp3) is 0.133. The Morgan fingerprint density at radius 2 is 2.05 bits per heavy atom. The number of amides is 1. The van der Waals surface area contributed by atoms with Crippen LogP contribution in [0.3, 0.4) is 0 Å². The number of hydrogen-bond donors (Lipinski definition) is 2. The standard InChI is InChI=1S/C15H14Cl2N2O2/c1-2-21-13-7-6-9(16)8-12(13)19-15(20)10-4-3-5-11(17)14(10)18/h3-8H,2,18H2,1H3,(H,19,20). The van der Waals surface area contributed by atoms with Crippen LogP contribution in [0, 0.1) is 0 Å². The molecule has 0 spiro atoms. The van der Waals surface area contributed by atoms with Gasteiger partial charge in [0.1, 0.15) is 5.75 Å². The molecule has 110 valence electrons. The van der Waals surface area contributed by atoms with Crippen molar-refractivity contribution in [1.29, 1.82) is 0 Å². The molecule has 0 atom stereocenters. The number of hydrogen-bond acceptors (Lipinski definition) is 3. The first-order chi connectivity index (χ1) is 10.0. The van der Waals surface area contributed by atoms with Crippen LogP contribution in [0.25, 0.3) is 0 Å². The number of benzene rings is 2. The maximum atomic E-state index is 12.3. The third-order valence-corrected chi connectivity index (χ3v) is 3.35. The highest BCUT2D eigenvalue weighted by atomic mass is 35.5. The van der Waals surface area contributed by atoms with E-state index in [-0.39, 0.29) is 11.6 Å². The highest BCUT2D eigenvalue weighted by molar-refractivity contribution is 6.34. The predicted molar refractivity (Wildman–Crippen MR) is 86.4 cm³/mol. The molecule has 3 N–H and O–H groups in total. The lowest BCUT2D eigenvalue weighted by molar-refractivity contribution is 0.102. The average molecular weight is 325 g/mol. The number of rotatable bonds is 4. The van der Waals surface area contributed by atoms with Gasteiger partial charge in [-0.1, -0.05) is 29.3 Å². The summed E-state index contributed by atoms with van der Waals surface area (Å²) < 4.78 is 5.45. The first kappa shape index (κ1) is 15.5. The molecule has 0 aromatic heterocycles. The molecule has 0 aliphatic carbocycles. The normalized spacial score (nSPS) is 10.2. The number of anilines is 2. The van der Waals surface area contributed by atoms with E-state index in [0.29, 0.717) is 33.7 Å². The van der Waals surface area contributed by atoms with Gasteiger partial charge in [0.2, 0.25) is 0 Å². The molecule has 0 saturated carbocycles. The molecule has 0 heterocycles. The molecule has 0 fully saturated rings. The number of carbonyl (C=O) groups excluding carboxylic acids is 1.